The quantitative estimate of drug-likeness (QED) is 0.511. The molecule has 0 fully saturated rings. The van der Waals surface area contributed by atoms with Crippen LogP contribution in [0.15, 0.2) is 60.9 Å². The van der Waals surface area contributed by atoms with E-state index in [0.29, 0.717) is 28.1 Å². The van der Waals surface area contributed by atoms with Crippen molar-refractivity contribution in [1.82, 2.24) is 19.7 Å². The van der Waals surface area contributed by atoms with Crippen LogP contribution in [0.1, 0.15) is 5.56 Å². The minimum Gasteiger partial charge on any atom is -0.308 e. The van der Waals surface area contributed by atoms with Gasteiger partial charge in [0.25, 0.3) is 0 Å². The number of halogens is 3. The maximum absolute atomic E-state index is 12.8. The maximum Gasteiger partial charge on any atom is 0.416 e. The number of benzene rings is 2. The number of aryl methyl sites for hydroxylation is 1. The molecule has 0 radical (unpaired) electrons. The van der Waals surface area contributed by atoms with Gasteiger partial charge < -0.3 is 10.6 Å². The number of amides is 2. The number of hydrogen-bond acceptors (Lipinski definition) is 4. The summed E-state index contributed by atoms with van der Waals surface area (Å²) in [5.74, 6) is 0. The van der Waals surface area contributed by atoms with Crippen LogP contribution in [-0.2, 0) is 13.2 Å². The van der Waals surface area contributed by atoms with E-state index in [-0.39, 0.29) is 5.69 Å². The summed E-state index contributed by atoms with van der Waals surface area (Å²) in [5.41, 5.74) is 2.00. The Balaban J connectivity index is 1.52. The first-order valence-electron chi connectivity index (χ1n) is 8.80. The van der Waals surface area contributed by atoms with Gasteiger partial charge >= 0.3 is 12.2 Å². The third-order valence-electron chi connectivity index (χ3n) is 4.22. The van der Waals surface area contributed by atoms with Crippen LogP contribution in [0.4, 0.5) is 29.3 Å². The number of carbonyl (C=O) groups is 1. The maximum atomic E-state index is 12.8. The number of nitrogens with one attached hydrogen (secondary N) is 2. The van der Waals surface area contributed by atoms with Gasteiger partial charge in [0.2, 0.25) is 0 Å². The van der Waals surface area contributed by atoms with E-state index in [1.807, 2.05) is 0 Å². The second-order valence-corrected chi connectivity index (χ2v) is 6.49. The van der Waals surface area contributed by atoms with E-state index in [4.69, 9.17) is 0 Å². The molecule has 0 saturated carbocycles. The number of fused-ring (bicyclic) bond motifs is 1. The van der Waals surface area contributed by atoms with Crippen molar-refractivity contribution in [3.8, 4) is 11.4 Å². The third kappa shape index (κ3) is 4.22. The van der Waals surface area contributed by atoms with E-state index in [2.05, 4.69) is 25.7 Å². The lowest BCUT2D eigenvalue weighted by Crippen LogP contribution is -2.19. The van der Waals surface area contributed by atoms with E-state index < -0.39 is 17.8 Å². The van der Waals surface area contributed by atoms with Crippen LogP contribution in [0, 0.1) is 0 Å². The smallest absolute Gasteiger partial charge is 0.308 e. The Morgan fingerprint density at radius 2 is 1.73 bits per heavy atom. The normalized spacial score (nSPS) is 11.5. The Labute approximate surface area is 168 Å². The molecule has 0 atom stereocenters. The van der Waals surface area contributed by atoms with Crippen LogP contribution < -0.4 is 10.6 Å². The van der Waals surface area contributed by atoms with Crippen molar-refractivity contribution in [1.29, 1.82) is 0 Å². The lowest BCUT2D eigenvalue weighted by atomic mass is 10.2. The summed E-state index contributed by atoms with van der Waals surface area (Å²) in [5, 5.41) is 9.26. The Hall–Kier alpha value is -3.95. The molecule has 4 aromatic rings. The lowest BCUT2D eigenvalue weighted by Gasteiger charge is -2.11. The average molecular weight is 412 g/mol. The zero-order valence-electron chi connectivity index (χ0n) is 15.6. The number of carbonyl (C=O) groups excluding carboxylic acids is 1. The first kappa shape index (κ1) is 19.4. The Bertz CT molecular complexity index is 1230. The van der Waals surface area contributed by atoms with Crippen molar-refractivity contribution in [3.63, 3.8) is 0 Å². The molecule has 0 bridgehead atoms. The molecule has 152 valence electrons. The number of aromatic nitrogens is 4. The monoisotopic (exact) mass is 412 g/mol. The van der Waals surface area contributed by atoms with Crippen molar-refractivity contribution in [2.75, 3.05) is 10.6 Å². The summed E-state index contributed by atoms with van der Waals surface area (Å²) in [6, 6.07) is 10.5. The molecule has 2 heterocycles. The fourth-order valence-corrected chi connectivity index (χ4v) is 2.83. The lowest BCUT2D eigenvalue weighted by molar-refractivity contribution is -0.137. The SMILES string of the molecule is Cn1ccc(-c2cnc3ccc(NC(=O)Nc4cccc(C(F)(F)F)c4)cc3n2)n1. The van der Waals surface area contributed by atoms with Crippen LogP contribution in [-0.4, -0.2) is 25.8 Å². The molecule has 2 aromatic heterocycles. The van der Waals surface area contributed by atoms with Gasteiger partial charge in [-0.3, -0.25) is 9.67 Å². The second-order valence-electron chi connectivity index (χ2n) is 6.49. The molecule has 0 unspecified atom stereocenters. The fourth-order valence-electron chi connectivity index (χ4n) is 2.83. The average Bonchev–Trinajstić information content (AvgIpc) is 3.13. The van der Waals surface area contributed by atoms with E-state index in [1.54, 1.807) is 48.4 Å². The number of alkyl halides is 3. The van der Waals surface area contributed by atoms with E-state index in [0.717, 1.165) is 12.1 Å². The Kier molecular flexibility index (Phi) is 4.82. The molecule has 2 aromatic carbocycles. The molecule has 0 aliphatic heterocycles. The zero-order chi connectivity index (χ0) is 21.3. The molecule has 7 nitrogen and oxygen atoms in total. The Morgan fingerprint density at radius 1 is 0.967 bits per heavy atom. The highest BCUT2D eigenvalue weighted by Gasteiger charge is 2.30. The van der Waals surface area contributed by atoms with E-state index in [1.165, 1.54) is 12.1 Å². The van der Waals surface area contributed by atoms with Gasteiger partial charge in [-0.2, -0.15) is 18.3 Å². The van der Waals surface area contributed by atoms with Crippen LogP contribution in [0.3, 0.4) is 0 Å². The van der Waals surface area contributed by atoms with Gasteiger partial charge in [0.05, 0.1) is 22.8 Å². The van der Waals surface area contributed by atoms with Crippen molar-refractivity contribution in [3.05, 3.63) is 66.5 Å². The zero-order valence-corrected chi connectivity index (χ0v) is 15.6. The first-order valence-corrected chi connectivity index (χ1v) is 8.80. The number of anilines is 2. The number of rotatable bonds is 3. The molecule has 2 N–H and O–H groups in total. The van der Waals surface area contributed by atoms with Crippen LogP contribution in [0.2, 0.25) is 0 Å². The molecule has 0 aliphatic carbocycles. The summed E-state index contributed by atoms with van der Waals surface area (Å²) < 4.78 is 40.1. The highest BCUT2D eigenvalue weighted by molar-refractivity contribution is 6.00. The highest BCUT2D eigenvalue weighted by Crippen LogP contribution is 2.30. The van der Waals surface area contributed by atoms with Crippen molar-refractivity contribution in [2.45, 2.75) is 6.18 Å². The largest absolute Gasteiger partial charge is 0.416 e. The topological polar surface area (TPSA) is 84.7 Å². The number of hydrogen-bond donors (Lipinski definition) is 2. The summed E-state index contributed by atoms with van der Waals surface area (Å²) in [7, 11) is 1.79. The van der Waals surface area contributed by atoms with Gasteiger partial charge in [0, 0.05) is 24.6 Å². The predicted octanol–water partition coefficient (Wildman–Crippen LogP) is 4.69. The van der Waals surface area contributed by atoms with Crippen LogP contribution in [0.25, 0.3) is 22.4 Å². The summed E-state index contributed by atoms with van der Waals surface area (Å²) in [4.78, 5) is 21.1. The summed E-state index contributed by atoms with van der Waals surface area (Å²) in [6.45, 7) is 0. The molecule has 30 heavy (non-hydrogen) atoms. The van der Waals surface area contributed by atoms with Gasteiger partial charge in [0.1, 0.15) is 11.4 Å². The highest BCUT2D eigenvalue weighted by atomic mass is 19.4. The van der Waals surface area contributed by atoms with Gasteiger partial charge in [-0.25, -0.2) is 9.78 Å². The van der Waals surface area contributed by atoms with Crippen molar-refractivity contribution >= 4 is 28.4 Å². The van der Waals surface area contributed by atoms with Gasteiger partial charge in [-0.05, 0) is 42.5 Å². The molecule has 0 spiro atoms. The van der Waals surface area contributed by atoms with E-state index in [9.17, 15) is 18.0 Å². The molecule has 10 heteroatoms. The minimum absolute atomic E-state index is 0.0281. The van der Waals surface area contributed by atoms with Crippen molar-refractivity contribution in [2.24, 2.45) is 7.05 Å². The Morgan fingerprint density at radius 3 is 2.43 bits per heavy atom. The second kappa shape index (κ2) is 7.47. The molecule has 2 amide bonds. The van der Waals surface area contributed by atoms with Gasteiger partial charge in [-0.15, -0.1) is 0 Å². The van der Waals surface area contributed by atoms with Crippen molar-refractivity contribution < 1.29 is 18.0 Å². The van der Waals surface area contributed by atoms with E-state index >= 15 is 0 Å². The number of urea groups is 1. The minimum atomic E-state index is -4.49. The third-order valence-corrected chi connectivity index (χ3v) is 4.22. The van der Waals surface area contributed by atoms with Gasteiger partial charge in [0.15, 0.2) is 0 Å². The number of nitrogens with zero attached hydrogens (tertiary/aromatic N) is 4. The first-order chi connectivity index (χ1) is 14.3. The molecule has 4 rings (SSSR count). The predicted molar refractivity (Wildman–Crippen MR) is 106 cm³/mol. The standard InChI is InChI=1S/C20H15F3N6O/c1-29-8-7-16(28-29)18-11-24-15-6-5-14(10-17(15)27-18)26-19(30)25-13-4-2-3-12(9-13)20(21,22)23/h2-11H,1H3,(H2,25,26,30). The summed E-state index contributed by atoms with van der Waals surface area (Å²) in [6.07, 6.45) is -1.09. The fraction of sp³-hybridized carbons (Fsp3) is 0.100. The molecule has 0 aliphatic rings. The molecular formula is C20H15F3N6O. The molecule has 0 saturated heterocycles. The van der Waals surface area contributed by atoms with Crippen LogP contribution >= 0.6 is 0 Å². The molecular weight excluding hydrogens is 397 g/mol. The van der Waals surface area contributed by atoms with Crippen LogP contribution in [0.5, 0.6) is 0 Å². The van der Waals surface area contributed by atoms with Gasteiger partial charge in [-0.1, -0.05) is 6.07 Å². The summed E-state index contributed by atoms with van der Waals surface area (Å²) >= 11 is 0.